The molecule has 0 aliphatic rings. The molecule has 0 bridgehead atoms. The van der Waals surface area contributed by atoms with E-state index in [-0.39, 0.29) is 23.0 Å². The largest absolute Gasteiger partial charge is 0.408 e. The Bertz CT molecular complexity index is 635. The number of halogens is 1. The molecule has 0 aliphatic heterocycles. The number of rotatable bonds is 4. The minimum absolute atomic E-state index is 0.00903. The fourth-order valence-electron chi connectivity index (χ4n) is 1.32. The van der Waals surface area contributed by atoms with Crippen molar-refractivity contribution in [3.8, 4) is 0 Å². The molecule has 0 atom stereocenters. The lowest BCUT2D eigenvalue weighted by Crippen LogP contribution is -2.30. The first-order chi connectivity index (χ1) is 9.01. The van der Waals surface area contributed by atoms with Gasteiger partial charge in [-0.2, -0.15) is 4.68 Å². The summed E-state index contributed by atoms with van der Waals surface area (Å²) in [5, 5.41) is 17.6. The third kappa shape index (κ3) is 2.69. The smallest absolute Gasteiger partial charge is 0.359 e. The minimum atomic E-state index is -0.702. The van der Waals surface area contributed by atoms with Crippen LogP contribution in [-0.2, 0) is 6.54 Å². The van der Waals surface area contributed by atoms with Gasteiger partial charge in [0.25, 0.3) is 5.91 Å². The Balaban J connectivity index is 2.17. The topological polar surface area (TPSA) is 142 Å². The lowest BCUT2D eigenvalue weighted by Gasteiger charge is -1.90. The highest BCUT2D eigenvalue weighted by atomic mass is 35.5. The molecule has 0 fully saturated rings. The van der Waals surface area contributed by atoms with Crippen molar-refractivity contribution in [1.29, 1.82) is 0 Å². The number of nitrogen functional groups attached to an aromatic ring is 1. The van der Waals surface area contributed by atoms with Crippen LogP contribution < -0.4 is 11.3 Å². The Morgan fingerprint density at radius 1 is 1.68 bits per heavy atom. The summed E-state index contributed by atoms with van der Waals surface area (Å²) in [5.74, 6) is 4.13. The molecule has 0 aromatic carbocycles. The lowest BCUT2D eigenvalue weighted by molar-refractivity contribution is -0.389. The molecule has 0 aliphatic carbocycles. The van der Waals surface area contributed by atoms with Crippen LogP contribution in [-0.4, -0.2) is 25.8 Å². The molecule has 0 spiro atoms. The maximum Gasteiger partial charge on any atom is 0.408 e. The quantitative estimate of drug-likeness (QED) is 0.351. The Morgan fingerprint density at radius 2 is 2.42 bits per heavy atom. The van der Waals surface area contributed by atoms with Crippen molar-refractivity contribution in [3.05, 3.63) is 38.9 Å². The van der Waals surface area contributed by atoms with Crippen molar-refractivity contribution in [1.82, 2.24) is 20.4 Å². The average molecular weight is 287 g/mol. The number of aromatic nitrogens is 3. The van der Waals surface area contributed by atoms with Gasteiger partial charge < -0.3 is 14.6 Å². The molecule has 19 heavy (non-hydrogen) atoms. The average Bonchev–Trinajstić information content (AvgIpc) is 2.95. The number of nitrogens with two attached hydrogens (primary N) is 1. The second kappa shape index (κ2) is 5.04. The van der Waals surface area contributed by atoms with Gasteiger partial charge in [0, 0.05) is 6.07 Å². The van der Waals surface area contributed by atoms with E-state index in [0.29, 0.717) is 0 Å². The van der Waals surface area contributed by atoms with Gasteiger partial charge in [0.05, 0.1) is 11.3 Å². The molecule has 0 saturated carbocycles. The van der Waals surface area contributed by atoms with Gasteiger partial charge in [-0.3, -0.25) is 10.2 Å². The molecule has 2 rings (SSSR count). The number of nitro groups is 1. The summed E-state index contributed by atoms with van der Waals surface area (Å²) in [7, 11) is 0. The van der Waals surface area contributed by atoms with Crippen molar-refractivity contribution >= 4 is 23.3 Å². The van der Waals surface area contributed by atoms with Crippen LogP contribution in [0.1, 0.15) is 16.2 Å². The lowest BCUT2D eigenvalue weighted by atomic mass is 10.3. The van der Waals surface area contributed by atoms with E-state index in [2.05, 4.69) is 10.3 Å². The zero-order valence-corrected chi connectivity index (χ0v) is 9.99. The van der Waals surface area contributed by atoms with Crippen molar-refractivity contribution in [2.45, 2.75) is 6.54 Å². The van der Waals surface area contributed by atoms with Gasteiger partial charge in [-0.1, -0.05) is 16.8 Å². The van der Waals surface area contributed by atoms with Gasteiger partial charge >= 0.3 is 5.82 Å². The molecule has 0 saturated heterocycles. The molecule has 3 N–H and O–H groups in total. The highest BCUT2D eigenvalue weighted by Crippen LogP contribution is 2.21. The first-order valence-electron chi connectivity index (χ1n) is 4.85. The monoisotopic (exact) mass is 286 g/mol. The number of hydrogen-bond donors (Lipinski definition) is 2. The van der Waals surface area contributed by atoms with E-state index in [9.17, 15) is 14.9 Å². The van der Waals surface area contributed by atoms with E-state index in [1.54, 1.807) is 0 Å². The number of hydrogen-bond acceptors (Lipinski definition) is 7. The van der Waals surface area contributed by atoms with Gasteiger partial charge in [0.2, 0.25) is 0 Å². The summed E-state index contributed by atoms with van der Waals surface area (Å²) in [6.07, 6.45) is 1.27. The molecule has 1 amide bonds. The van der Waals surface area contributed by atoms with E-state index < -0.39 is 16.6 Å². The zero-order chi connectivity index (χ0) is 14.0. The van der Waals surface area contributed by atoms with Crippen molar-refractivity contribution < 1.29 is 14.2 Å². The second-order valence-electron chi connectivity index (χ2n) is 3.41. The predicted octanol–water partition coefficient (Wildman–Crippen LogP) is 0.0845. The number of nitrogens with one attached hydrogen (secondary N) is 1. The van der Waals surface area contributed by atoms with Crippen LogP contribution in [0.25, 0.3) is 0 Å². The van der Waals surface area contributed by atoms with Gasteiger partial charge in [-0.05, 0) is 4.92 Å². The van der Waals surface area contributed by atoms with Crippen LogP contribution in [0.4, 0.5) is 5.82 Å². The summed E-state index contributed by atoms with van der Waals surface area (Å²) in [5.41, 5.74) is 1.88. The molecule has 0 unspecified atom stereocenters. The van der Waals surface area contributed by atoms with Crippen LogP contribution in [0.3, 0.4) is 0 Å². The van der Waals surface area contributed by atoms with Gasteiger partial charge in [0.1, 0.15) is 6.54 Å². The van der Waals surface area contributed by atoms with Gasteiger partial charge in [-0.25, -0.2) is 5.84 Å². The Kier molecular flexibility index (Phi) is 3.44. The van der Waals surface area contributed by atoms with Crippen LogP contribution in [0.2, 0.25) is 5.02 Å². The Hall–Kier alpha value is -2.46. The fourth-order valence-corrected chi connectivity index (χ4v) is 1.54. The molecule has 2 aromatic heterocycles. The Morgan fingerprint density at radius 3 is 3.00 bits per heavy atom. The second-order valence-corrected chi connectivity index (χ2v) is 3.81. The van der Waals surface area contributed by atoms with E-state index in [4.69, 9.17) is 22.0 Å². The standard InChI is InChI=1S/C8H7ClN6O4/c9-5-3-14(12-7(5)15(17)18)2-4-1-6(13-19-4)8(16)11-10/h1,3H,2,10H2,(H,11,16). The zero-order valence-electron chi connectivity index (χ0n) is 9.24. The van der Waals surface area contributed by atoms with Gasteiger partial charge in [-0.15, -0.1) is 0 Å². The summed E-state index contributed by atoms with van der Waals surface area (Å²) >= 11 is 5.63. The third-order valence-electron chi connectivity index (χ3n) is 2.11. The number of nitrogens with zero attached hydrogens (tertiary/aromatic N) is 4. The molecule has 100 valence electrons. The highest BCUT2D eigenvalue weighted by molar-refractivity contribution is 6.32. The molecular formula is C8H7ClN6O4. The van der Waals surface area contributed by atoms with Crippen molar-refractivity contribution in [2.75, 3.05) is 0 Å². The first kappa shape index (κ1) is 13.0. The Labute approximate surface area is 110 Å². The number of carbonyl (C=O) groups is 1. The van der Waals surface area contributed by atoms with E-state index in [1.807, 2.05) is 5.43 Å². The van der Waals surface area contributed by atoms with E-state index in [1.165, 1.54) is 16.9 Å². The maximum atomic E-state index is 11.1. The number of amides is 1. The number of hydrazine groups is 1. The molecule has 10 nitrogen and oxygen atoms in total. The van der Waals surface area contributed by atoms with Crippen LogP contribution in [0, 0.1) is 10.1 Å². The van der Waals surface area contributed by atoms with Gasteiger partial charge in [0.15, 0.2) is 16.5 Å². The maximum absolute atomic E-state index is 11.1. The van der Waals surface area contributed by atoms with Crippen LogP contribution in [0.5, 0.6) is 0 Å². The summed E-state index contributed by atoms with van der Waals surface area (Å²) in [4.78, 5) is 21.0. The van der Waals surface area contributed by atoms with E-state index >= 15 is 0 Å². The normalized spacial score (nSPS) is 10.4. The molecule has 11 heteroatoms. The van der Waals surface area contributed by atoms with Crippen LogP contribution in [0.15, 0.2) is 16.8 Å². The summed E-state index contributed by atoms with van der Waals surface area (Å²) in [6, 6.07) is 1.34. The summed E-state index contributed by atoms with van der Waals surface area (Å²) < 4.78 is 6.06. The highest BCUT2D eigenvalue weighted by Gasteiger charge is 2.20. The first-order valence-corrected chi connectivity index (χ1v) is 5.23. The minimum Gasteiger partial charge on any atom is -0.359 e. The van der Waals surface area contributed by atoms with Crippen molar-refractivity contribution in [2.24, 2.45) is 5.84 Å². The fraction of sp³-hybridized carbons (Fsp3) is 0.125. The number of carbonyl (C=O) groups excluding carboxylic acids is 1. The summed E-state index contributed by atoms with van der Waals surface area (Å²) in [6.45, 7) is 0.0401. The van der Waals surface area contributed by atoms with Crippen LogP contribution >= 0.6 is 11.6 Å². The third-order valence-corrected chi connectivity index (χ3v) is 2.38. The predicted molar refractivity (Wildman–Crippen MR) is 61.1 cm³/mol. The molecule has 2 heterocycles. The molecule has 0 radical (unpaired) electrons. The molecular weight excluding hydrogens is 280 g/mol. The SMILES string of the molecule is NNC(=O)c1cc(Cn2cc(Cl)c([N+](=O)[O-])n2)on1. The molecule has 2 aromatic rings. The van der Waals surface area contributed by atoms with E-state index in [0.717, 1.165) is 0 Å². The van der Waals surface area contributed by atoms with Crippen molar-refractivity contribution in [3.63, 3.8) is 0 Å².